The van der Waals surface area contributed by atoms with Crippen LogP contribution in [-0.2, 0) is 10.1 Å². The molecule has 1 aliphatic heterocycles. The van der Waals surface area contributed by atoms with Crippen molar-refractivity contribution in [2.75, 3.05) is 5.88 Å². The monoisotopic (exact) mass is 291 g/mol. The Morgan fingerprint density at radius 1 is 0.950 bits per heavy atom. The highest BCUT2D eigenvalue weighted by Crippen LogP contribution is 2.29. The normalized spacial score (nSPS) is 14.9. The Morgan fingerprint density at radius 2 is 1.45 bits per heavy atom. The summed E-state index contributed by atoms with van der Waals surface area (Å²) < 4.78 is 30.8. The molecule has 0 unspecified atom stereocenters. The van der Waals surface area contributed by atoms with Crippen LogP contribution in [0.1, 0.15) is 20.7 Å². The summed E-state index contributed by atoms with van der Waals surface area (Å²) in [5.74, 6) is -2.50. The number of nitrogens with zero attached hydrogens (tertiary/aromatic N) is 1. The summed E-state index contributed by atoms with van der Waals surface area (Å²) in [7, 11) is -4.48. The summed E-state index contributed by atoms with van der Waals surface area (Å²) in [6.45, 7) is 0. The maximum atomic E-state index is 12.2. The lowest BCUT2D eigenvalue weighted by Gasteiger charge is -2.25. The van der Waals surface area contributed by atoms with Crippen molar-refractivity contribution in [1.29, 1.82) is 0 Å². The van der Waals surface area contributed by atoms with E-state index in [9.17, 15) is 18.0 Å². The van der Waals surface area contributed by atoms with Gasteiger partial charge >= 0.3 is 0 Å². The van der Waals surface area contributed by atoms with Gasteiger partial charge < -0.3 is 0 Å². The van der Waals surface area contributed by atoms with E-state index in [-0.39, 0.29) is 11.1 Å². The van der Waals surface area contributed by atoms with Crippen molar-refractivity contribution in [2.45, 2.75) is 0 Å². The first-order chi connectivity index (χ1) is 9.38. The van der Waals surface area contributed by atoms with Crippen LogP contribution in [0.4, 0.5) is 0 Å². The molecule has 0 atom stereocenters. The fraction of sp³-hybridized carbons (Fsp3) is 0.0769. The van der Waals surface area contributed by atoms with Gasteiger partial charge in [0.1, 0.15) is 0 Å². The first kappa shape index (κ1) is 12.8. The van der Waals surface area contributed by atoms with Crippen molar-refractivity contribution in [2.24, 2.45) is 0 Å². The van der Waals surface area contributed by atoms with Gasteiger partial charge in [-0.2, -0.15) is 8.42 Å². The topological polar surface area (TPSA) is 91.8 Å². The van der Waals surface area contributed by atoms with Gasteiger partial charge in [0.15, 0.2) is 5.88 Å². The Morgan fingerprint density at radius 3 is 1.90 bits per heavy atom. The van der Waals surface area contributed by atoms with Crippen LogP contribution in [0.2, 0.25) is 0 Å². The van der Waals surface area contributed by atoms with Gasteiger partial charge in [-0.3, -0.25) is 19.0 Å². The molecule has 0 saturated heterocycles. The second kappa shape index (κ2) is 4.12. The van der Waals surface area contributed by atoms with E-state index < -0.39 is 27.8 Å². The Kier molecular flexibility index (Phi) is 2.63. The van der Waals surface area contributed by atoms with Crippen molar-refractivity contribution >= 4 is 32.7 Å². The molecule has 0 aliphatic carbocycles. The molecule has 0 radical (unpaired) electrons. The highest BCUT2D eigenvalue weighted by molar-refractivity contribution is 7.85. The van der Waals surface area contributed by atoms with Crippen molar-refractivity contribution in [1.82, 2.24) is 4.90 Å². The minimum absolute atomic E-state index is 0.251. The van der Waals surface area contributed by atoms with Crippen LogP contribution in [0.5, 0.6) is 0 Å². The molecule has 2 amide bonds. The van der Waals surface area contributed by atoms with E-state index in [1.165, 1.54) is 12.1 Å². The number of carbonyl (C=O) groups excluding carboxylic acids is 2. The first-order valence-electron chi connectivity index (χ1n) is 5.71. The summed E-state index contributed by atoms with van der Waals surface area (Å²) >= 11 is 0. The van der Waals surface area contributed by atoms with Gasteiger partial charge in [0.2, 0.25) is 0 Å². The molecule has 102 valence electrons. The molecular formula is C13H9NO5S. The molecule has 6 nitrogen and oxygen atoms in total. The number of hydrogen-bond donors (Lipinski definition) is 1. The fourth-order valence-corrected chi connectivity index (χ4v) is 2.92. The molecule has 0 bridgehead atoms. The summed E-state index contributed by atoms with van der Waals surface area (Å²) in [5.41, 5.74) is 0.503. The minimum Gasteiger partial charge on any atom is -0.284 e. The number of rotatable bonds is 2. The lowest BCUT2D eigenvalue weighted by atomic mass is 9.94. The number of hydrogen-bond acceptors (Lipinski definition) is 4. The Labute approximate surface area is 114 Å². The molecule has 1 N–H and O–H groups in total. The van der Waals surface area contributed by atoms with E-state index >= 15 is 0 Å². The zero-order chi connectivity index (χ0) is 14.5. The fourth-order valence-electron chi connectivity index (χ4n) is 2.36. The highest BCUT2D eigenvalue weighted by Gasteiger charge is 2.34. The largest absolute Gasteiger partial charge is 0.284 e. The zero-order valence-electron chi connectivity index (χ0n) is 10.1. The third kappa shape index (κ3) is 1.87. The van der Waals surface area contributed by atoms with E-state index in [0.717, 1.165) is 5.39 Å². The van der Waals surface area contributed by atoms with Crippen LogP contribution < -0.4 is 0 Å². The van der Waals surface area contributed by atoms with Gasteiger partial charge in [0.25, 0.3) is 21.9 Å². The maximum Gasteiger partial charge on any atom is 0.283 e. The minimum atomic E-state index is -4.48. The average Bonchev–Trinajstić information content (AvgIpc) is 2.39. The molecule has 2 aromatic rings. The van der Waals surface area contributed by atoms with Gasteiger partial charge in [0.05, 0.1) is 0 Å². The molecule has 0 aromatic heterocycles. The van der Waals surface area contributed by atoms with E-state index in [2.05, 4.69) is 0 Å². The quantitative estimate of drug-likeness (QED) is 0.664. The van der Waals surface area contributed by atoms with Gasteiger partial charge in [-0.1, -0.05) is 24.3 Å². The molecule has 20 heavy (non-hydrogen) atoms. The summed E-state index contributed by atoms with van der Waals surface area (Å²) in [5, 5.41) is 1.24. The van der Waals surface area contributed by atoms with Gasteiger partial charge in [-0.15, -0.1) is 0 Å². The number of amides is 2. The van der Waals surface area contributed by atoms with Crippen LogP contribution in [0.3, 0.4) is 0 Å². The van der Waals surface area contributed by atoms with E-state index in [0.29, 0.717) is 10.3 Å². The Bertz CT molecular complexity index is 805. The predicted molar refractivity (Wildman–Crippen MR) is 70.9 cm³/mol. The second-order valence-electron chi connectivity index (χ2n) is 4.46. The van der Waals surface area contributed by atoms with Gasteiger partial charge in [-0.05, 0) is 17.5 Å². The summed E-state index contributed by atoms with van der Waals surface area (Å²) in [6, 6.07) is 9.89. The van der Waals surface area contributed by atoms with E-state index in [1.54, 1.807) is 24.3 Å². The molecule has 3 rings (SSSR count). The molecule has 2 aromatic carbocycles. The standard InChI is InChI=1S/C13H9NO5S/c15-12-9-5-1-3-8-4-2-6-10(11(8)9)13(16)14(12)7-20(17,18)19/h1-6H,7H2,(H,17,18,19). The van der Waals surface area contributed by atoms with Crippen LogP contribution in [0.15, 0.2) is 36.4 Å². The third-order valence-corrected chi connectivity index (χ3v) is 3.73. The van der Waals surface area contributed by atoms with Crippen molar-refractivity contribution in [3.63, 3.8) is 0 Å². The van der Waals surface area contributed by atoms with Crippen molar-refractivity contribution < 1.29 is 22.6 Å². The van der Waals surface area contributed by atoms with Crippen LogP contribution in [-0.4, -0.2) is 35.6 Å². The summed E-state index contributed by atoms with van der Waals surface area (Å²) in [6.07, 6.45) is 0. The van der Waals surface area contributed by atoms with E-state index in [4.69, 9.17) is 4.55 Å². The van der Waals surface area contributed by atoms with Crippen LogP contribution in [0.25, 0.3) is 10.8 Å². The average molecular weight is 291 g/mol. The van der Waals surface area contributed by atoms with Crippen LogP contribution >= 0.6 is 0 Å². The zero-order valence-corrected chi connectivity index (χ0v) is 10.9. The van der Waals surface area contributed by atoms with Crippen LogP contribution in [0, 0.1) is 0 Å². The van der Waals surface area contributed by atoms with Gasteiger partial charge in [0, 0.05) is 16.5 Å². The Hall–Kier alpha value is -2.25. The molecule has 0 saturated carbocycles. The third-order valence-electron chi connectivity index (χ3n) is 3.15. The van der Waals surface area contributed by atoms with E-state index in [1.807, 2.05) is 0 Å². The Balaban J connectivity index is 2.26. The number of imide groups is 1. The van der Waals surface area contributed by atoms with Crippen molar-refractivity contribution in [3.8, 4) is 0 Å². The molecule has 0 fully saturated rings. The lowest BCUT2D eigenvalue weighted by Crippen LogP contribution is -2.43. The molecule has 1 aliphatic rings. The predicted octanol–water partition coefficient (Wildman–Crippen LogP) is 1.28. The van der Waals surface area contributed by atoms with Gasteiger partial charge in [-0.25, -0.2) is 0 Å². The second-order valence-corrected chi connectivity index (χ2v) is 5.88. The van der Waals surface area contributed by atoms with Crippen molar-refractivity contribution in [3.05, 3.63) is 47.5 Å². The smallest absolute Gasteiger partial charge is 0.283 e. The lowest BCUT2D eigenvalue weighted by molar-refractivity contribution is 0.0634. The molecular weight excluding hydrogens is 282 g/mol. The number of carbonyl (C=O) groups is 2. The number of benzene rings is 2. The maximum absolute atomic E-state index is 12.2. The highest BCUT2D eigenvalue weighted by atomic mass is 32.2. The molecule has 0 spiro atoms. The molecule has 7 heteroatoms. The SMILES string of the molecule is O=C1c2cccc3cccc(c23)C(=O)N1CS(=O)(=O)O. The summed E-state index contributed by atoms with van der Waals surface area (Å²) in [4.78, 5) is 25.0. The first-order valence-corrected chi connectivity index (χ1v) is 7.32. The molecule has 1 heterocycles.